The molecule has 1 aliphatic heterocycles. The van der Waals surface area contributed by atoms with Gasteiger partial charge in [-0.2, -0.15) is 5.26 Å². The van der Waals surface area contributed by atoms with Gasteiger partial charge in [0, 0.05) is 25.7 Å². The molecule has 0 radical (unpaired) electrons. The first-order chi connectivity index (χ1) is 13.2. The van der Waals surface area contributed by atoms with Crippen LogP contribution in [0.15, 0.2) is 24.4 Å². The molecule has 0 bridgehead atoms. The Morgan fingerprint density at radius 3 is 2.86 bits per heavy atom. The van der Waals surface area contributed by atoms with Crippen molar-refractivity contribution in [2.24, 2.45) is 5.41 Å². The van der Waals surface area contributed by atoms with Gasteiger partial charge in [0.2, 0.25) is 5.91 Å². The van der Waals surface area contributed by atoms with Gasteiger partial charge in [0.05, 0.1) is 11.4 Å². The van der Waals surface area contributed by atoms with Crippen molar-refractivity contribution in [3.05, 3.63) is 46.9 Å². The van der Waals surface area contributed by atoms with Crippen LogP contribution in [0.4, 0.5) is 11.5 Å². The van der Waals surface area contributed by atoms with E-state index in [9.17, 15) is 4.79 Å². The van der Waals surface area contributed by atoms with E-state index >= 15 is 0 Å². The van der Waals surface area contributed by atoms with Crippen LogP contribution in [0.3, 0.4) is 0 Å². The second-order valence-electron chi connectivity index (χ2n) is 8.59. The number of aryl methyl sites for hydroxylation is 2. The van der Waals surface area contributed by atoms with E-state index in [1.165, 1.54) is 0 Å². The highest BCUT2D eigenvalue weighted by molar-refractivity contribution is 5.91. The predicted octanol–water partition coefficient (Wildman–Crippen LogP) is 3.98. The Kier molecular flexibility index (Phi) is 5.64. The summed E-state index contributed by atoms with van der Waals surface area (Å²) in [6.45, 7) is 9.78. The number of hydrogen-bond acceptors (Lipinski definition) is 5. The van der Waals surface area contributed by atoms with Crippen molar-refractivity contribution >= 4 is 17.4 Å². The maximum Gasteiger partial charge on any atom is 0.226 e. The molecular weight excluding hydrogens is 350 g/mol. The van der Waals surface area contributed by atoms with Crippen LogP contribution in [0.2, 0.25) is 0 Å². The summed E-state index contributed by atoms with van der Waals surface area (Å²) in [5.41, 5.74) is 4.50. The van der Waals surface area contributed by atoms with E-state index in [-0.39, 0.29) is 11.3 Å². The second-order valence-corrected chi connectivity index (χ2v) is 8.59. The minimum atomic E-state index is -0.0597. The minimum Gasteiger partial charge on any atom is -0.366 e. The van der Waals surface area contributed by atoms with Crippen molar-refractivity contribution in [3.63, 3.8) is 0 Å². The van der Waals surface area contributed by atoms with Crippen molar-refractivity contribution < 1.29 is 4.79 Å². The summed E-state index contributed by atoms with van der Waals surface area (Å²) >= 11 is 0. The molecule has 1 N–H and O–H groups in total. The molecule has 0 spiro atoms. The van der Waals surface area contributed by atoms with Gasteiger partial charge in [0.15, 0.2) is 0 Å². The van der Waals surface area contributed by atoms with Gasteiger partial charge in [-0.05, 0) is 54.5 Å². The molecule has 0 aromatic carbocycles. The van der Waals surface area contributed by atoms with Crippen LogP contribution in [0, 0.1) is 23.7 Å². The molecule has 3 heterocycles. The first kappa shape index (κ1) is 19.8. The topological polar surface area (TPSA) is 81.9 Å². The lowest BCUT2D eigenvalue weighted by molar-refractivity contribution is -0.117. The number of nitrogens with zero attached hydrogens (tertiary/aromatic N) is 4. The minimum absolute atomic E-state index is 0.00321. The molecule has 2 aromatic rings. The summed E-state index contributed by atoms with van der Waals surface area (Å²) < 4.78 is 0. The third-order valence-corrected chi connectivity index (χ3v) is 4.71. The lowest BCUT2D eigenvalue weighted by Gasteiger charge is -2.31. The van der Waals surface area contributed by atoms with Crippen LogP contribution in [0.25, 0.3) is 0 Å². The van der Waals surface area contributed by atoms with E-state index in [0.717, 1.165) is 41.9 Å². The van der Waals surface area contributed by atoms with Crippen LogP contribution in [0.5, 0.6) is 0 Å². The molecule has 0 aliphatic carbocycles. The quantitative estimate of drug-likeness (QED) is 0.871. The van der Waals surface area contributed by atoms with Crippen molar-refractivity contribution in [2.75, 3.05) is 16.8 Å². The normalized spacial score (nSPS) is 13.6. The van der Waals surface area contributed by atoms with Gasteiger partial charge in [0.1, 0.15) is 17.6 Å². The van der Waals surface area contributed by atoms with Crippen molar-refractivity contribution in [1.29, 1.82) is 5.26 Å². The van der Waals surface area contributed by atoms with Crippen molar-refractivity contribution in [3.8, 4) is 6.07 Å². The average molecular weight is 377 g/mol. The standard InChI is InChI=1S/C22H27N5O/c1-15-10-19-18(25-21(15)26-20(28)12-22(2,3)4)6-5-9-27(19)14-16-7-8-24-17(11-16)13-23/h7-8,10-11H,5-6,9,12,14H2,1-4H3,(H,25,26,28). The van der Waals surface area contributed by atoms with Gasteiger partial charge in [-0.3, -0.25) is 4.79 Å². The largest absolute Gasteiger partial charge is 0.366 e. The van der Waals surface area contributed by atoms with Crippen LogP contribution < -0.4 is 10.2 Å². The number of pyridine rings is 2. The molecule has 1 aliphatic rings. The van der Waals surface area contributed by atoms with Gasteiger partial charge < -0.3 is 10.2 Å². The maximum atomic E-state index is 12.3. The molecule has 1 amide bonds. The summed E-state index contributed by atoms with van der Waals surface area (Å²) in [7, 11) is 0. The summed E-state index contributed by atoms with van der Waals surface area (Å²) in [6, 6.07) is 7.97. The fourth-order valence-electron chi connectivity index (χ4n) is 3.46. The summed E-state index contributed by atoms with van der Waals surface area (Å²) in [5.74, 6) is 0.655. The molecule has 0 fully saturated rings. The fraction of sp³-hybridized carbons (Fsp3) is 0.455. The number of carbonyl (C=O) groups excluding carboxylic acids is 1. The molecule has 3 rings (SSSR count). The molecule has 146 valence electrons. The lowest BCUT2D eigenvalue weighted by Crippen LogP contribution is -2.30. The van der Waals surface area contributed by atoms with E-state index in [2.05, 4.69) is 48.1 Å². The number of amides is 1. The number of hydrogen-bond donors (Lipinski definition) is 1. The molecule has 6 heteroatoms. The Balaban J connectivity index is 1.81. The zero-order valence-corrected chi connectivity index (χ0v) is 17.0. The highest BCUT2D eigenvalue weighted by atomic mass is 16.1. The molecule has 0 saturated carbocycles. The van der Waals surface area contributed by atoms with Gasteiger partial charge in [0.25, 0.3) is 0 Å². The summed E-state index contributed by atoms with van der Waals surface area (Å²) in [5, 5.41) is 12.0. The zero-order valence-electron chi connectivity index (χ0n) is 17.0. The highest BCUT2D eigenvalue weighted by Crippen LogP contribution is 2.31. The zero-order chi connectivity index (χ0) is 20.3. The first-order valence-corrected chi connectivity index (χ1v) is 9.65. The Hall–Kier alpha value is -2.94. The lowest BCUT2D eigenvalue weighted by atomic mass is 9.92. The maximum absolute atomic E-state index is 12.3. The van der Waals surface area contributed by atoms with Crippen molar-refractivity contribution in [1.82, 2.24) is 9.97 Å². The number of rotatable bonds is 4. The van der Waals surface area contributed by atoms with E-state index < -0.39 is 0 Å². The Bertz CT molecular complexity index is 923. The van der Waals surface area contributed by atoms with Gasteiger partial charge in [-0.1, -0.05) is 20.8 Å². The second kappa shape index (κ2) is 7.97. The molecule has 2 aromatic heterocycles. The van der Waals surface area contributed by atoms with Gasteiger partial charge in [-0.15, -0.1) is 0 Å². The van der Waals surface area contributed by atoms with Gasteiger partial charge >= 0.3 is 0 Å². The monoisotopic (exact) mass is 377 g/mol. The van der Waals surface area contributed by atoms with E-state index in [1.807, 2.05) is 19.1 Å². The molecule has 6 nitrogen and oxygen atoms in total. The average Bonchev–Trinajstić information content (AvgIpc) is 2.61. The van der Waals surface area contributed by atoms with Crippen LogP contribution in [0.1, 0.15) is 56.1 Å². The van der Waals surface area contributed by atoms with E-state index in [4.69, 9.17) is 10.2 Å². The number of carbonyl (C=O) groups is 1. The summed E-state index contributed by atoms with van der Waals surface area (Å²) in [6.07, 6.45) is 4.04. The highest BCUT2D eigenvalue weighted by Gasteiger charge is 2.22. The first-order valence-electron chi connectivity index (χ1n) is 9.65. The number of anilines is 2. The molecule has 0 saturated heterocycles. The van der Waals surface area contributed by atoms with Crippen LogP contribution in [-0.4, -0.2) is 22.4 Å². The number of nitriles is 1. The smallest absolute Gasteiger partial charge is 0.226 e. The third-order valence-electron chi connectivity index (χ3n) is 4.71. The number of fused-ring (bicyclic) bond motifs is 1. The number of aromatic nitrogens is 2. The molecule has 0 atom stereocenters. The fourth-order valence-corrected chi connectivity index (χ4v) is 3.46. The Morgan fingerprint density at radius 2 is 2.14 bits per heavy atom. The Labute approximate surface area is 166 Å². The SMILES string of the molecule is Cc1cc2c(nc1NC(=O)CC(C)(C)C)CCCN2Cc1ccnc(C#N)c1. The van der Waals surface area contributed by atoms with Crippen LogP contribution in [-0.2, 0) is 17.8 Å². The molecular formula is C22H27N5O. The predicted molar refractivity (Wildman–Crippen MR) is 110 cm³/mol. The number of nitrogens with one attached hydrogen (secondary N) is 1. The van der Waals surface area contributed by atoms with Crippen molar-refractivity contribution in [2.45, 2.75) is 53.5 Å². The molecule has 28 heavy (non-hydrogen) atoms. The van der Waals surface area contributed by atoms with Gasteiger partial charge in [-0.25, -0.2) is 9.97 Å². The van der Waals surface area contributed by atoms with Crippen LogP contribution >= 0.6 is 0 Å². The van der Waals surface area contributed by atoms with E-state index in [1.54, 1.807) is 6.20 Å². The van der Waals surface area contributed by atoms with E-state index in [0.29, 0.717) is 24.5 Å². The summed E-state index contributed by atoms with van der Waals surface area (Å²) in [4.78, 5) is 23.4. The Morgan fingerprint density at radius 1 is 1.36 bits per heavy atom. The molecule has 0 unspecified atom stereocenters. The third kappa shape index (κ3) is 4.86.